The van der Waals surface area contributed by atoms with Crippen LogP contribution in [0.15, 0.2) is 36.4 Å². The van der Waals surface area contributed by atoms with Gasteiger partial charge in [0, 0.05) is 18.5 Å². The molecule has 2 amide bonds. The largest absolute Gasteiger partial charge is 0.493 e. The average Bonchev–Trinajstić information content (AvgIpc) is 3.27. The molecule has 1 aliphatic heterocycles. The maximum absolute atomic E-state index is 13.8. The van der Waals surface area contributed by atoms with Crippen LogP contribution in [0.25, 0.3) is 0 Å². The summed E-state index contributed by atoms with van der Waals surface area (Å²) < 4.78 is 36.1. The minimum Gasteiger partial charge on any atom is -0.493 e. The molecule has 2 aromatic rings. The number of carbonyl (C=O) groups is 2. The van der Waals surface area contributed by atoms with Crippen molar-refractivity contribution in [3.8, 4) is 11.5 Å². The van der Waals surface area contributed by atoms with Crippen LogP contribution in [0.4, 0.5) is 5.69 Å². The number of carbonyl (C=O) groups excluding carboxylic acids is 2. The minimum absolute atomic E-state index is 0.281. The number of sulfone groups is 1. The third kappa shape index (κ3) is 11.0. The van der Waals surface area contributed by atoms with Crippen LogP contribution in [0.2, 0.25) is 0 Å². The van der Waals surface area contributed by atoms with E-state index >= 15 is 0 Å². The maximum Gasteiger partial charge on any atom is 0.264 e. The molecule has 0 saturated carbocycles. The number of nitrogens with zero attached hydrogens (tertiary/aromatic N) is 1. The van der Waals surface area contributed by atoms with Gasteiger partial charge in [-0.05, 0) is 43.2 Å². The molecule has 0 fully saturated rings. The second-order valence-electron chi connectivity index (χ2n) is 12.2. The molecular formula is C36H54N2O6S. The van der Waals surface area contributed by atoms with Gasteiger partial charge in [0.05, 0.1) is 36.6 Å². The van der Waals surface area contributed by atoms with Gasteiger partial charge in [-0.2, -0.15) is 0 Å². The van der Waals surface area contributed by atoms with Gasteiger partial charge in [0.25, 0.3) is 11.8 Å². The van der Waals surface area contributed by atoms with Gasteiger partial charge in [0.15, 0.2) is 11.5 Å². The molecule has 250 valence electrons. The topological polar surface area (TPSA) is 102 Å². The van der Waals surface area contributed by atoms with E-state index in [9.17, 15) is 18.0 Å². The van der Waals surface area contributed by atoms with Crippen LogP contribution in [0.5, 0.6) is 11.5 Å². The van der Waals surface area contributed by atoms with Crippen LogP contribution in [0.3, 0.4) is 0 Å². The monoisotopic (exact) mass is 642 g/mol. The summed E-state index contributed by atoms with van der Waals surface area (Å²) >= 11 is 0. The van der Waals surface area contributed by atoms with E-state index in [1.165, 1.54) is 84.2 Å². The van der Waals surface area contributed by atoms with Crippen LogP contribution in [0.1, 0.15) is 136 Å². The predicted molar refractivity (Wildman–Crippen MR) is 182 cm³/mol. The summed E-state index contributed by atoms with van der Waals surface area (Å²) in [5.74, 6) is -0.503. The lowest BCUT2D eigenvalue weighted by Crippen LogP contribution is -2.37. The Kier molecular flexibility index (Phi) is 15.2. The van der Waals surface area contributed by atoms with Crippen molar-refractivity contribution < 1.29 is 27.5 Å². The molecule has 0 bridgehead atoms. The Morgan fingerprint density at radius 2 is 1.38 bits per heavy atom. The van der Waals surface area contributed by atoms with E-state index in [2.05, 4.69) is 12.2 Å². The molecule has 0 radical (unpaired) electrons. The lowest BCUT2D eigenvalue weighted by atomic mass is 10.0. The minimum atomic E-state index is -3.57. The summed E-state index contributed by atoms with van der Waals surface area (Å²) in [6.45, 7) is 5.16. The number of imide groups is 1. The molecule has 1 aliphatic rings. The van der Waals surface area contributed by atoms with Gasteiger partial charge in [0.1, 0.15) is 9.84 Å². The molecule has 0 aromatic heterocycles. The Balaban J connectivity index is 1.55. The van der Waals surface area contributed by atoms with E-state index in [0.717, 1.165) is 24.0 Å². The lowest BCUT2D eigenvalue weighted by molar-refractivity contribution is 0.0597. The van der Waals surface area contributed by atoms with E-state index in [0.29, 0.717) is 41.5 Å². The summed E-state index contributed by atoms with van der Waals surface area (Å²) in [6.07, 6.45) is 19.1. The fraction of sp³-hybridized carbons (Fsp3) is 0.611. The van der Waals surface area contributed by atoms with Gasteiger partial charge in [-0.25, -0.2) is 8.42 Å². The third-order valence-corrected chi connectivity index (χ3v) is 9.36. The van der Waals surface area contributed by atoms with Crippen molar-refractivity contribution in [2.24, 2.45) is 0 Å². The molecule has 0 saturated heterocycles. The van der Waals surface area contributed by atoms with Crippen LogP contribution >= 0.6 is 0 Å². The average molecular weight is 643 g/mol. The summed E-state index contributed by atoms with van der Waals surface area (Å²) in [7, 11) is -2.05. The summed E-state index contributed by atoms with van der Waals surface area (Å²) in [5, 5.41) is 3.37. The highest BCUT2D eigenvalue weighted by atomic mass is 32.2. The molecule has 9 heteroatoms. The number of amides is 2. The van der Waals surface area contributed by atoms with Crippen LogP contribution in [-0.2, 0) is 9.84 Å². The van der Waals surface area contributed by atoms with E-state index < -0.39 is 33.4 Å². The van der Waals surface area contributed by atoms with Gasteiger partial charge in [-0.3, -0.25) is 14.5 Å². The van der Waals surface area contributed by atoms with E-state index in [1.807, 2.05) is 13.0 Å². The van der Waals surface area contributed by atoms with Gasteiger partial charge < -0.3 is 14.8 Å². The summed E-state index contributed by atoms with van der Waals surface area (Å²) in [6, 6.07) is 9.17. The fourth-order valence-corrected chi connectivity index (χ4v) is 6.97. The molecule has 1 unspecified atom stereocenters. The maximum atomic E-state index is 13.8. The first-order valence-corrected chi connectivity index (χ1v) is 19.0. The molecule has 1 atom stereocenters. The van der Waals surface area contributed by atoms with Crippen molar-refractivity contribution in [1.82, 2.24) is 4.90 Å². The number of methoxy groups -OCH3 is 1. The normalized spacial score (nSPS) is 13.6. The molecule has 0 aliphatic carbocycles. The van der Waals surface area contributed by atoms with Crippen molar-refractivity contribution in [1.29, 1.82) is 0 Å². The van der Waals surface area contributed by atoms with Crippen molar-refractivity contribution >= 4 is 27.3 Å². The van der Waals surface area contributed by atoms with Crippen molar-refractivity contribution in [3.05, 3.63) is 53.1 Å². The molecule has 0 spiro atoms. The zero-order valence-electron chi connectivity index (χ0n) is 27.9. The Morgan fingerprint density at radius 3 is 1.93 bits per heavy atom. The second-order valence-corrected chi connectivity index (χ2v) is 14.4. The van der Waals surface area contributed by atoms with Crippen LogP contribution in [0, 0.1) is 0 Å². The van der Waals surface area contributed by atoms with E-state index in [-0.39, 0.29) is 5.56 Å². The number of anilines is 1. The highest BCUT2D eigenvalue weighted by Gasteiger charge is 2.43. The van der Waals surface area contributed by atoms with Crippen molar-refractivity contribution in [2.75, 3.05) is 37.6 Å². The summed E-state index contributed by atoms with van der Waals surface area (Å²) in [4.78, 5) is 28.6. The standard InChI is InChI=1S/C36H54N2O6S/c1-5-7-8-9-10-11-12-13-14-15-16-17-18-19-25-37-30-22-20-21-29-34(30)36(40)38(35(29)39)31(27-45(4,41)42)28-23-24-32(43-3)33(26-28)44-6-2/h20-24,26,31,37H,5-19,25,27H2,1-4H3. The van der Waals surface area contributed by atoms with E-state index in [1.54, 1.807) is 30.3 Å². The second kappa shape index (κ2) is 18.8. The number of benzene rings is 2. The Hall–Kier alpha value is -3.07. The van der Waals surface area contributed by atoms with Gasteiger partial charge >= 0.3 is 0 Å². The molecule has 45 heavy (non-hydrogen) atoms. The molecule has 1 N–H and O–H groups in total. The molecular weight excluding hydrogens is 588 g/mol. The zero-order valence-corrected chi connectivity index (χ0v) is 28.7. The number of hydrogen-bond acceptors (Lipinski definition) is 7. The molecule has 2 aromatic carbocycles. The van der Waals surface area contributed by atoms with Crippen LogP contribution in [-0.4, -0.2) is 57.4 Å². The Morgan fingerprint density at radius 1 is 0.778 bits per heavy atom. The Bertz CT molecular complexity index is 1340. The molecule has 3 rings (SSSR count). The Labute approximate surface area is 271 Å². The number of fused-ring (bicyclic) bond motifs is 1. The van der Waals surface area contributed by atoms with Crippen molar-refractivity contribution in [2.45, 2.75) is 110 Å². The number of rotatable bonds is 23. The smallest absolute Gasteiger partial charge is 0.264 e. The molecule has 8 nitrogen and oxygen atoms in total. The quantitative estimate of drug-likeness (QED) is 0.0960. The SMILES string of the molecule is CCCCCCCCCCCCCCCCNc1cccc2c1C(=O)N(C(CS(C)(=O)=O)c1ccc(OC)c(OCC)c1)C2=O. The van der Waals surface area contributed by atoms with Crippen molar-refractivity contribution in [3.63, 3.8) is 0 Å². The fourth-order valence-electron chi connectivity index (χ4n) is 6.05. The van der Waals surface area contributed by atoms with Crippen LogP contribution < -0.4 is 14.8 Å². The third-order valence-electron chi connectivity index (χ3n) is 8.44. The predicted octanol–water partition coefficient (Wildman–Crippen LogP) is 8.37. The highest BCUT2D eigenvalue weighted by Crippen LogP contribution is 2.38. The number of nitrogens with one attached hydrogen (secondary N) is 1. The zero-order chi connectivity index (χ0) is 32.7. The van der Waals surface area contributed by atoms with Gasteiger partial charge in [0.2, 0.25) is 0 Å². The first kappa shape index (κ1) is 36.4. The lowest BCUT2D eigenvalue weighted by Gasteiger charge is -2.27. The number of unbranched alkanes of at least 4 members (excludes halogenated alkanes) is 13. The highest BCUT2D eigenvalue weighted by molar-refractivity contribution is 7.90. The first-order chi connectivity index (χ1) is 21.7. The first-order valence-electron chi connectivity index (χ1n) is 16.9. The summed E-state index contributed by atoms with van der Waals surface area (Å²) in [5.41, 5.74) is 1.66. The number of ether oxygens (including phenoxy) is 2. The number of hydrogen-bond donors (Lipinski definition) is 1. The van der Waals surface area contributed by atoms with Gasteiger partial charge in [-0.15, -0.1) is 0 Å². The van der Waals surface area contributed by atoms with Gasteiger partial charge in [-0.1, -0.05) is 103 Å². The van der Waals surface area contributed by atoms with E-state index in [4.69, 9.17) is 9.47 Å². The molecule has 1 heterocycles.